The van der Waals surface area contributed by atoms with Gasteiger partial charge in [-0.15, -0.1) is 11.8 Å². The standard InChI is InChI=1S/C24H24FNO4S/c1-14(2)29-12-4-11-26-21(15-5-8-17(31-3)9-6-15)20-22(27)18-13-16(25)7-10-19(18)30-23(20)24(26)28/h5-10,13-14,21H,4,11-12H2,1-3H3/t21-/m0/s1. The second-order valence-corrected chi connectivity index (χ2v) is 8.64. The van der Waals surface area contributed by atoms with Crippen molar-refractivity contribution in [3.63, 3.8) is 0 Å². The summed E-state index contributed by atoms with van der Waals surface area (Å²) in [4.78, 5) is 29.4. The molecule has 2 aromatic carbocycles. The molecule has 0 aliphatic carbocycles. The van der Waals surface area contributed by atoms with E-state index in [0.29, 0.717) is 19.6 Å². The summed E-state index contributed by atoms with van der Waals surface area (Å²) in [5.41, 5.74) is 0.923. The highest BCUT2D eigenvalue weighted by Crippen LogP contribution is 2.38. The predicted octanol–water partition coefficient (Wildman–Crippen LogP) is 5.01. The molecule has 3 aromatic rings. The fourth-order valence-corrected chi connectivity index (χ4v) is 4.32. The number of thioether (sulfide) groups is 1. The molecule has 0 spiro atoms. The summed E-state index contributed by atoms with van der Waals surface area (Å²) in [5.74, 6) is -0.817. The van der Waals surface area contributed by atoms with Crippen LogP contribution in [-0.2, 0) is 4.74 Å². The third-order valence-corrected chi connectivity index (χ3v) is 6.10. The van der Waals surface area contributed by atoms with E-state index in [2.05, 4.69) is 0 Å². The molecule has 0 N–H and O–H groups in total. The van der Waals surface area contributed by atoms with E-state index >= 15 is 0 Å². The van der Waals surface area contributed by atoms with Gasteiger partial charge in [0.1, 0.15) is 11.4 Å². The smallest absolute Gasteiger partial charge is 0.290 e. The average molecular weight is 442 g/mol. The molecule has 1 aliphatic heterocycles. The zero-order valence-electron chi connectivity index (χ0n) is 17.7. The van der Waals surface area contributed by atoms with Gasteiger partial charge in [0.05, 0.1) is 23.1 Å². The monoisotopic (exact) mass is 441 g/mol. The number of nitrogens with zero attached hydrogens (tertiary/aromatic N) is 1. The van der Waals surface area contributed by atoms with Gasteiger partial charge in [0.2, 0.25) is 5.76 Å². The van der Waals surface area contributed by atoms with Crippen molar-refractivity contribution in [2.45, 2.75) is 37.3 Å². The molecule has 1 aliphatic rings. The summed E-state index contributed by atoms with van der Waals surface area (Å²) >= 11 is 1.61. The molecule has 0 unspecified atom stereocenters. The Bertz CT molecular complexity index is 1170. The second-order valence-electron chi connectivity index (χ2n) is 7.76. The molecule has 0 bridgehead atoms. The van der Waals surface area contributed by atoms with E-state index in [1.54, 1.807) is 16.7 Å². The summed E-state index contributed by atoms with van der Waals surface area (Å²) in [7, 11) is 0. The molecule has 7 heteroatoms. The molecule has 1 aromatic heterocycles. The number of carbonyl (C=O) groups excluding carboxylic acids is 1. The van der Waals surface area contributed by atoms with Gasteiger partial charge in [0.25, 0.3) is 5.91 Å². The van der Waals surface area contributed by atoms with Crippen LogP contribution >= 0.6 is 11.8 Å². The SMILES string of the molecule is CSc1ccc([C@H]2c3c(oc4ccc(F)cc4c3=O)C(=O)N2CCCOC(C)C)cc1. The Morgan fingerprint density at radius 3 is 2.58 bits per heavy atom. The highest BCUT2D eigenvalue weighted by Gasteiger charge is 2.42. The molecule has 31 heavy (non-hydrogen) atoms. The summed E-state index contributed by atoms with van der Waals surface area (Å²) in [6.07, 6.45) is 2.71. The van der Waals surface area contributed by atoms with Crippen LogP contribution < -0.4 is 5.43 Å². The lowest BCUT2D eigenvalue weighted by Gasteiger charge is -2.25. The van der Waals surface area contributed by atoms with Gasteiger partial charge in [-0.3, -0.25) is 9.59 Å². The van der Waals surface area contributed by atoms with Crippen LogP contribution in [0.15, 0.2) is 56.6 Å². The Morgan fingerprint density at radius 2 is 1.90 bits per heavy atom. The van der Waals surface area contributed by atoms with Crippen LogP contribution in [-0.4, -0.2) is 36.3 Å². The number of halogens is 1. The quantitative estimate of drug-likeness (QED) is 0.381. The van der Waals surface area contributed by atoms with Crippen molar-refractivity contribution < 1.29 is 18.3 Å². The van der Waals surface area contributed by atoms with E-state index in [4.69, 9.17) is 9.15 Å². The number of rotatable bonds is 7. The molecule has 162 valence electrons. The first-order valence-electron chi connectivity index (χ1n) is 10.2. The van der Waals surface area contributed by atoms with E-state index in [1.807, 2.05) is 44.4 Å². The highest BCUT2D eigenvalue weighted by molar-refractivity contribution is 7.98. The lowest BCUT2D eigenvalue weighted by atomic mass is 9.98. The number of benzene rings is 2. The van der Waals surface area contributed by atoms with Gasteiger partial charge < -0.3 is 14.1 Å². The van der Waals surface area contributed by atoms with Crippen molar-refractivity contribution in [1.29, 1.82) is 0 Å². The summed E-state index contributed by atoms with van der Waals surface area (Å²) < 4.78 is 25.3. The van der Waals surface area contributed by atoms with Gasteiger partial charge in [-0.2, -0.15) is 0 Å². The van der Waals surface area contributed by atoms with Crippen LogP contribution in [0.3, 0.4) is 0 Å². The summed E-state index contributed by atoms with van der Waals surface area (Å²) in [6, 6.07) is 11.0. The molecule has 5 nitrogen and oxygen atoms in total. The first-order valence-corrected chi connectivity index (χ1v) is 11.5. The fraction of sp³-hybridized carbons (Fsp3) is 0.333. The van der Waals surface area contributed by atoms with Crippen molar-refractivity contribution in [3.05, 3.63) is 75.4 Å². The van der Waals surface area contributed by atoms with Crippen molar-refractivity contribution >= 4 is 28.6 Å². The van der Waals surface area contributed by atoms with E-state index in [9.17, 15) is 14.0 Å². The minimum atomic E-state index is -0.582. The largest absolute Gasteiger partial charge is 0.450 e. The van der Waals surface area contributed by atoms with Gasteiger partial charge in [-0.05, 0) is 62.4 Å². The number of amides is 1. The second kappa shape index (κ2) is 8.85. The van der Waals surface area contributed by atoms with Crippen molar-refractivity contribution in [3.8, 4) is 0 Å². The maximum atomic E-state index is 13.8. The lowest BCUT2D eigenvalue weighted by molar-refractivity contribution is 0.0593. The molecule has 0 radical (unpaired) electrons. The molecule has 2 heterocycles. The van der Waals surface area contributed by atoms with Crippen LogP contribution in [0.4, 0.5) is 4.39 Å². The third-order valence-electron chi connectivity index (χ3n) is 5.35. The predicted molar refractivity (Wildman–Crippen MR) is 119 cm³/mol. The highest BCUT2D eigenvalue weighted by atomic mass is 32.2. The zero-order valence-corrected chi connectivity index (χ0v) is 18.5. The van der Waals surface area contributed by atoms with E-state index in [-0.39, 0.29) is 39.7 Å². The Morgan fingerprint density at radius 1 is 1.16 bits per heavy atom. The molecule has 1 amide bonds. The van der Waals surface area contributed by atoms with Crippen molar-refractivity contribution in [2.24, 2.45) is 0 Å². The lowest BCUT2D eigenvalue weighted by Crippen LogP contribution is -2.31. The average Bonchev–Trinajstić information content (AvgIpc) is 3.04. The van der Waals surface area contributed by atoms with Crippen LogP contribution in [0.2, 0.25) is 0 Å². The molecular formula is C24H24FNO4S. The van der Waals surface area contributed by atoms with E-state index in [1.165, 1.54) is 18.2 Å². The number of carbonyl (C=O) groups is 1. The molecular weight excluding hydrogens is 417 g/mol. The Balaban J connectivity index is 1.81. The van der Waals surface area contributed by atoms with Gasteiger partial charge in [-0.25, -0.2) is 4.39 Å². The maximum Gasteiger partial charge on any atom is 0.290 e. The first kappa shape index (κ1) is 21.6. The molecule has 0 saturated carbocycles. The van der Waals surface area contributed by atoms with Crippen molar-refractivity contribution in [2.75, 3.05) is 19.4 Å². The van der Waals surface area contributed by atoms with Crippen LogP contribution in [0.1, 0.15) is 48.0 Å². The number of hydrogen-bond donors (Lipinski definition) is 0. The summed E-state index contributed by atoms with van der Waals surface area (Å²) in [6.45, 7) is 4.83. The van der Waals surface area contributed by atoms with Crippen LogP contribution in [0.25, 0.3) is 11.0 Å². The van der Waals surface area contributed by atoms with Gasteiger partial charge >= 0.3 is 0 Å². The third kappa shape index (κ3) is 4.12. The Hall–Kier alpha value is -2.64. The maximum absolute atomic E-state index is 13.8. The number of fused-ring (bicyclic) bond motifs is 2. The normalized spacial score (nSPS) is 15.8. The molecule has 0 saturated heterocycles. The molecule has 1 atom stereocenters. The Labute approximate surface area is 184 Å². The van der Waals surface area contributed by atoms with Crippen LogP contribution in [0, 0.1) is 5.82 Å². The van der Waals surface area contributed by atoms with Gasteiger partial charge in [0, 0.05) is 18.0 Å². The van der Waals surface area contributed by atoms with E-state index in [0.717, 1.165) is 10.5 Å². The van der Waals surface area contributed by atoms with Crippen LogP contribution in [0.5, 0.6) is 0 Å². The zero-order chi connectivity index (χ0) is 22.1. The minimum Gasteiger partial charge on any atom is -0.450 e. The molecule has 0 fully saturated rings. The fourth-order valence-electron chi connectivity index (χ4n) is 3.91. The number of hydrogen-bond acceptors (Lipinski definition) is 5. The van der Waals surface area contributed by atoms with Gasteiger partial charge in [0.15, 0.2) is 5.43 Å². The molecule has 4 rings (SSSR count). The topological polar surface area (TPSA) is 59.8 Å². The van der Waals surface area contributed by atoms with Crippen molar-refractivity contribution in [1.82, 2.24) is 4.90 Å². The summed E-state index contributed by atoms with van der Waals surface area (Å²) in [5, 5.41) is 0.141. The van der Waals surface area contributed by atoms with E-state index < -0.39 is 11.9 Å². The number of ether oxygens (including phenoxy) is 1. The Kier molecular flexibility index (Phi) is 6.16. The minimum absolute atomic E-state index is 0.0350. The van der Waals surface area contributed by atoms with Gasteiger partial charge in [-0.1, -0.05) is 12.1 Å². The first-order chi connectivity index (χ1) is 14.9.